The van der Waals surface area contributed by atoms with Gasteiger partial charge in [0.2, 0.25) is 0 Å². The maximum atomic E-state index is 14.6. The van der Waals surface area contributed by atoms with Crippen LogP contribution in [0.3, 0.4) is 0 Å². The first-order chi connectivity index (χ1) is 17.2. The van der Waals surface area contributed by atoms with E-state index in [-0.39, 0.29) is 24.0 Å². The first-order valence-corrected chi connectivity index (χ1v) is 11.5. The number of hydrogen-bond donors (Lipinski definition) is 0. The molecule has 10 heteroatoms. The second-order valence-corrected chi connectivity index (χ2v) is 8.89. The Bertz CT molecular complexity index is 1470. The number of aryl methyl sites for hydroxylation is 1. The van der Waals surface area contributed by atoms with Crippen molar-refractivity contribution in [1.82, 2.24) is 14.1 Å². The summed E-state index contributed by atoms with van der Waals surface area (Å²) in [6.45, 7) is 2.43. The number of ether oxygens (including phenoxy) is 1. The summed E-state index contributed by atoms with van der Waals surface area (Å²) < 4.78 is 63.9. The van der Waals surface area contributed by atoms with Crippen LogP contribution in [-0.2, 0) is 12.7 Å². The summed E-state index contributed by atoms with van der Waals surface area (Å²) in [6, 6.07) is 10.7. The Morgan fingerprint density at radius 1 is 1.14 bits per heavy atom. The number of nitrogens with zero attached hydrogens (tertiary/aromatic N) is 4. The molecule has 2 aromatic heterocycles. The number of hydrogen-bond acceptors (Lipinski definition) is 4. The predicted molar refractivity (Wildman–Crippen MR) is 128 cm³/mol. The number of pyridine rings is 1. The van der Waals surface area contributed by atoms with Crippen molar-refractivity contribution in [2.75, 3.05) is 25.1 Å². The molecule has 36 heavy (non-hydrogen) atoms. The van der Waals surface area contributed by atoms with Gasteiger partial charge in [0.15, 0.2) is 0 Å². The third-order valence-electron chi connectivity index (χ3n) is 6.73. The highest BCUT2D eigenvalue weighted by Crippen LogP contribution is 2.35. The van der Waals surface area contributed by atoms with Crippen LogP contribution >= 0.6 is 0 Å². The molecular formula is C26H24F4N4O2. The van der Waals surface area contributed by atoms with Gasteiger partial charge in [-0.15, -0.1) is 0 Å². The SMILES string of the molecule is COc1cccc2c1n(Cc1cnccc1C(F)(F)F)c(=O)n2[C@@H]1CCN(c2c(C)cccc2F)C1. The molecule has 0 amide bonds. The molecule has 0 unspecified atom stereocenters. The molecule has 0 bridgehead atoms. The van der Waals surface area contributed by atoms with E-state index in [4.69, 9.17) is 4.74 Å². The van der Waals surface area contributed by atoms with E-state index in [0.29, 0.717) is 42.0 Å². The van der Waals surface area contributed by atoms with Gasteiger partial charge in [-0.25, -0.2) is 9.18 Å². The van der Waals surface area contributed by atoms with Crippen LogP contribution in [0.1, 0.15) is 29.2 Å². The van der Waals surface area contributed by atoms with E-state index in [1.54, 1.807) is 28.8 Å². The molecule has 1 aliphatic rings. The van der Waals surface area contributed by atoms with Crippen molar-refractivity contribution in [2.24, 2.45) is 0 Å². The first kappa shape index (κ1) is 23.9. The van der Waals surface area contributed by atoms with Crippen molar-refractivity contribution >= 4 is 16.7 Å². The van der Waals surface area contributed by atoms with Crippen LogP contribution in [-0.4, -0.2) is 34.3 Å². The largest absolute Gasteiger partial charge is 0.494 e. The molecule has 0 saturated carbocycles. The topological polar surface area (TPSA) is 52.3 Å². The third kappa shape index (κ3) is 4.00. The standard InChI is InChI=1S/C26H24F4N4O2/c1-16-5-3-6-20(27)23(16)32-12-10-18(15-32)34-21-7-4-8-22(36-2)24(21)33(25(34)35)14-17-13-31-11-9-19(17)26(28,29)30/h3-9,11,13,18H,10,12,14-15H2,1-2H3/t18-/m1/s1. The Kier molecular flexibility index (Phi) is 5.97. The molecule has 0 aliphatic carbocycles. The highest BCUT2D eigenvalue weighted by Gasteiger charge is 2.35. The number of aromatic nitrogens is 3. The number of alkyl halides is 3. The van der Waals surface area contributed by atoms with E-state index in [1.165, 1.54) is 17.7 Å². The van der Waals surface area contributed by atoms with Crippen LogP contribution in [0.4, 0.5) is 23.2 Å². The molecule has 0 radical (unpaired) electrons. The van der Waals surface area contributed by atoms with E-state index in [2.05, 4.69) is 4.98 Å². The van der Waals surface area contributed by atoms with Gasteiger partial charge in [-0.05, 0) is 43.2 Å². The number of anilines is 1. The van der Waals surface area contributed by atoms with E-state index >= 15 is 0 Å². The lowest BCUT2D eigenvalue weighted by Crippen LogP contribution is -2.30. The Morgan fingerprint density at radius 2 is 1.92 bits per heavy atom. The van der Waals surface area contributed by atoms with Gasteiger partial charge in [0.05, 0.1) is 36.5 Å². The summed E-state index contributed by atoms with van der Waals surface area (Å²) in [5.41, 5.74) is 0.831. The van der Waals surface area contributed by atoms with E-state index in [0.717, 1.165) is 24.0 Å². The van der Waals surface area contributed by atoms with Crippen LogP contribution in [0.15, 0.2) is 59.7 Å². The molecule has 0 N–H and O–H groups in total. The van der Waals surface area contributed by atoms with Gasteiger partial charge < -0.3 is 9.64 Å². The number of benzene rings is 2. The van der Waals surface area contributed by atoms with E-state index in [9.17, 15) is 22.4 Å². The number of halogens is 4. The summed E-state index contributed by atoms with van der Waals surface area (Å²) in [4.78, 5) is 19.5. The molecule has 1 atom stereocenters. The van der Waals surface area contributed by atoms with E-state index < -0.39 is 17.4 Å². The van der Waals surface area contributed by atoms with Crippen LogP contribution in [0.2, 0.25) is 0 Å². The number of imidazole rings is 1. The Morgan fingerprint density at radius 3 is 2.64 bits per heavy atom. The lowest BCUT2D eigenvalue weighted by molar-refractivity contribution is -0.138. The van der Waals surface area contributed by atoms with Crippen LogP contribution in [0.5, 0.6) is 5.75 Å². The minimum absolute atomic E-state index is 0.118. The third-order valence-corrected chi connectivity index (χ3v) is 6.73. The molecule has 1 aliphatic heterocycles. The van der Waals surface area contributed by atoms with Crippen molar-refractivity contribution in [3.8, 4) is 5.75 Å². The van der Waals surface area contributed by atoms with Crippen molar-refractivity contribution in [3.05, 3.63) is 87.9 Å². The molecule has 5 rings (SSSR count). The number of para-hydroxylation sites is 2. The highest BCUT2D eigenvalue weighted by molar-refractivity contribution is 5.83. The van der Waals surface area contributed by atoms with Crippen molar-refractivity contribution in [1.29, 1.82) is 0 Å². The van der Waals surface area contributed by atoms with Gasteiger partial charge in [-0.1, -0.05) is 18.2 Å². The Labute approximate surface area is 204 Å². The zero-order chi connectivity index (χ0) is 25.6. The summed E-state index contributed by atoms with van der Waals surface area (Å²) >= 11 is 0. The minimum Gasteiger partial charge on any atom is -0.494 e. The number of fused-ring (bicyclic) bond motifs is 1. The minimum atomic E-state index is -4.59. The fourth-order valence-corrected chi connectivity index (χ4v) is 5.15. The summed E-state index contributed by atoms with van der Waals surface area (Å²) in [6.07, 6.45) is -1.80. The monoisotopic (exact) mass is 500 g/mol. The zero-order valence-electron chi connectivity index (χ0n) is 19.7. The highest BCUT2D eigenvalue weighted by atomic mass is 19.4. The fraction of sp³-hybridized carbons (Fsp3) is 0.308. The molecule has 188 valence electrons. The molecular weight excluding hydrogens is 476 g/mol. The van der Waals surface area contributed by atoms with Gasteiger partial charge >= 0.3 is 11.9 Å². The van der Waals surface area contributed by atoms with E-state index in [1.807, 2.05) is 17.9 Å². The smallest absolute Gasteiger partial charge is 0.416 e. The maximum Gasteiger partial charge on any atom is 0.416 e. The molecule has 2 aromatic carbocycles. The average molecular weight is 500 g/mol. The van der Waals surface area contributed by atoms with Gasteiger partial charge in [-0.3, -0.25) is 14.1 Å². The summed E-state index contributed by atoms with van der Waals surface area (Å²) in [5.74, 6) is 0.0453. The normalized spacial score (nSPS) is 16.2. The molecule has 4 aromatic rings. The van der Waals surface area contributed by atoms with Crippen LogP contribution in [0, 0.1) is 12.7 Å². The van der Waals surface area contributed by atoms with Gasteiger partial charge in [0.25, 0.3) is 0 Å². The molecule has 6 nitrogen and oxygen atoms in total. The quantitative estimate of drug-likeness (QED) is 0.355. The van der Waals surface area contributed by atoms with Crippen molar-refractivity contribution in [2.45, 2.75) is 32.1 Å². The van der Waals surface area contributed by atoms with Crippen molar-refractivity contribution in [3.63, 3.8) is 0 Å². The zero-order valence-corrected chi connectivity index (χ0v) is 19.7. The molecule has 0 spiro atoms. The fourth-order valence-electron chi connectivity index (χ4n) is 5.15. The lowest BCUT2D eigenvalue weighted by atomic mass is 10.1. The van der Waals surface area contributed by atoms with Crippen LogP contribution < -0.4 is 15.3 Å². The van der Waals surface area contributed by atoms with Gasteiger partial charge in [0.1, 0.15) is 17.1 Å². The molecule has 1 saturated heterocycles. The number of rotatable bonds is 5. The average Bonchev–Trinajstić information content (AvgIpc) is 3.41. The van der Waals surface area contributed by atoms with Crippen LogP contribution in [0.25, 0.3) is 11.0 Å². The molecule has 1 fully saturated rings. The second kappa shape index (κ2) is 9.00. The van der Waals surface area contributed by atoms with Gasteiger partial charge in [0, 0.05) is 31.0 Å². The lowest BCUT2D eigenvalue weighted by Gasteiger charge is -2.21. The first-order valence-electron chi connectivity index (χ1n) is 11.5. The molecule has 3 heterocycles. The Hall–Kier alpha value is -3.82. The maximum absolute atomic E-state index is 14.6. The number of methoxy groups -OCH3 is 1. The summed E-state index contributed by atoms with van der Waals surface area (Å²) in [5, 5.41) is 0. The predicted octanol–water partition coefficient (Wildman–Crippen LogP) is 5.17. The Balaban J connectivity index is 1.61. The second-order valence-electron chi connectivity index (χ2n) is 8.89. The van der Waals surface area contributed by atoms with Crippen molar-refractivity contribution < 1.29 is 22.3 Å². The summed E-state index contributed by atoms with van der Waals surface area (Å²) in [7, 11) is 1.45. The van der Waals surface area contributed by atoms with Gasteiger partial charge in [-0.2, -0.15) is 13.2 Å².